The summed E-state index contributed by atoms with van der Waals surface area (Å²) >= 11 is 5.94. The molecule has 0 spiro atoms. The average Bonchev–Trinajstić information content (AvgIpc) is 3.05. The lowest BCUT2D eigenvalue weighted by Gasteiger charge is -2.12. The van der Waals surface area contributed by atoms with Crippen LogP contribution in [0, 0.1) is 12.7 Å². The zero-order valence-electron chi connectivity index (χ0n) is 14.0. The largest absolute Gasteiger partial charge is 0.311 e. The molecule has 2 aromatic carbocycles. The van der Waals surface area contributed by atoms with E-state index < -0.39 is 0 Å². The summed E-state index contributed by atoms with van der Waals surface area (Å²) in [6.07, 6.45) is 1.71. The van der Waals surface area contributed by atoms with Gasteiger partial charge in [-0.15, -0.1) is 0 Å². The standard InChI is InChI=1S/C20H15ClFN3O/c1-13-9-19(26)25-12-18(15-5-7-16(21)8-6-15)23-20(25)24(13)11-14-3-2-4-17(22)10-14/h2-10,12H,11H2,1H3. The van der Waals surface area contributed by atoms with Crippen LogP contribution >= 0.6 is 11.6 Å². The van der Waals surface area contributed by atoms with Gasteiger partial charge in [0.05, 0.1) is 12.2 Å². The number of aromatic nitrogens is 3. The van der Waals surface area contributed by atoms with Crippen LogP contribution in [0.5, 0.6) is 0 Å². The monoisotopic (exact) mass is 367 g/mol. The molecule has 2 heterocycles. The van der Waals surface area contributed by atoms with Crippen molar-refractivity contribution in [1.82, 2.24) is 14.0 Å². The van der Waals surface area contributed by atoms with E-state index in [1.807, 2.05) is 29.7 Å². The van der Waals surface area contributed by atoms with Crippen molar-refractivity contribution in [2.45, 2.75) is 13.5 Å². The number of hydrogen-bond acceptors (Lipinski definition) is 2. The predicted molar refractivity (Wildman–Crippen MR) is 100 cm³/mol. The van der Waals surface area contributed by atoms with E-state index in [9.17, 15) is 9.18 Å². The Bertz CT molecular complexity index is 1160. The second-order valence-electron chi connectivity index (χ2n) is 6.14. The molecule has 0 N–H and O–H groups in total. The Morgan fingerprint density at radius 2 is 1.88 bits per heavy atom. The molecule has 0 fully saturated rings. The molecule has 4 nitrogen and oxygen atoms in total. The van der Waals surface area contributed by atoms with E-state index in [1.165, 1.54) is 16.5 Å². The first kappa shape index (κ1) is 16.5. The first-order valence-electron chi connectivity index (χ1n) is 8.11. The third-order valence-corrected chi connectivity index (χ3v) is 4.55. The van der Waals surface area contributed by atoms with Gasteiger partial charge in [-0.2, -0.15) is 0 Å². The summed E-state index contributed by atoms with van der Waals surface area (Å²) in [5.74, 6) is 0.228. The molecule has 0 aliphatic carbocycles. The quantitative estimate of drug-likeness (QED) is 0.541. The molecule has 0 bridgehead atoms. The summed E-state index contributed by atoms with van der Waals surface area (Å²) in [6, 6.07) is 15.2. The highest BCUT2D eigenvalue weighted by Gasteiger charge is 2.12. The third kappa shape index (κ3) is 3.02. The maximum Gasteiger partial charge on any atom is 0.259 e. The van der Waals surface area contributed by atoms with Crippen LogP contribution in [0.1, 0.15) is 11.3 Å². The number of rotatable bonds is 3. The summed E-state index contributed by atoms with van der Waals surface area (Å²) in [7, 11) is 0. The minimum atomic E-state index is -0.289. The third-order valence-electron chi connectivity index (χ3n) is 4.29. The van der Waals surface area contributed by atoms with E-state index in [0.717, 1.165) is 16.8 Å². The Morgan fingerprint density at radius 3 is 2.62 bits per heavy atom. The fraction of sp³-hybridized carbons (Fsp3) is 0.100. The summed E-state index contributed by atoms with van der Waals surface area (Å²) in [6.45, 7) is 2.27. The van der Waals surface area contributed by atoms with Gasteiger partial charge in [0.15, 0.2) is 0 Å². The minimum absolute atomic E-state index is 0.152. The SMILES string of the molecule is Cc1cc(=O)n2cc(-c3ccc(Cl)cc3)nc2n1Cc1cccc(F)c1. The van der Waals surface area contributed by atoms with E-state index in [0.29, 0.717) is 23.0 Å². The first-order valence-corrected chi connectivity index (χ1v) is 8.49. The smallest absolute Gasteiger partial charge is 0.259 e. The Morgan fingerprint density at radius 1 is 1.12 bits per heavy atom. The molecule has 0 aliphatic heterocycles. The van der Waals surface area contributed by atoms with Crippen molar-refractivity contribution in [3.8, 4) is 11.3 Å². The van der Waals surface area contributed by atoms with Crippen LogP contribution in [0.2, 0.25) is 5.02 Å². The molecule has 0 radical (unpaired) electrons. The lowest BCUT2D eigenvalue weighted by Crippen LogP contribution is -2.19. The highest BCUT2D eigenvalue weighted by atomic mass is 35.5. The number of nitrogens with zero attached hydrogens (tertiary/aromatic N) is 3. The molecule has 0 amide bonds. The fourth-order valence-corrected chi connectivity index (χ4v) is 3.11. The Labute approximate surface area is 154 Å². The molecule has 6 heteroatoms. The van der Waals surface area contributed by atoms with Crippen molar-refractivity contribution in [3.05, 3.63) is 93.2 Å². The van der Waals surface area contributed by atoms with Crippen molar-refractivity contribution in [1.29, 1.82) is 0 Å². The van der Waals surface area contributed by atoms with Gasteiger partial charge >= 0.3 is 0 Å². The van der Waals surface area contributed by atoms with Crippen LogP contribution in [0.3, 0.4) is 0 Å². The Balaban J connectivity index is 1.87. The Hall–Kier alpha value is -2.92. The van der Waals surface area contributed by atoms with Crippen LogP contribution in [0.15, 0.2) is 65.6 Å². The van der Waals surface area contributed by atoms with Gasteiger partial charge in [0.25, 0.3) is 5.56 Å². The summed E-state index contributed by atoms with van der Waals surface area (Å²) in [4.78, 5) is 17.0. The predicted octanol–water partition coefficient (Wildman–Crippen LogP) is 4.31. The van der Waals surface area contributed by atoms with Gasteiger partial charge in [0.2, 0.25) is 5.78 Å². The van der Waals surface area contributed by atoms with Crippen molar-refractivity contribution in [3.63, 3.8) is 0 Å². The zero-order chi connectivity index (χ0) is 18.3. The minimum Gasteiger partial charge on any atom is -0.311 e. The van der Waals surface area contributed by atoms with Gasteiger partial charge in [0.1, 0.15) is 5.82 Å². The number of halogens is 2. The molecule has 4 aromatic rings. The maximum atomic E-state index is 13.5. The van der Waals surface area contributed by atoms with Gasteiger partial charge in [-0.1, -0.05) is 35.9 Å². The molecule has 26 heavy (non-hydrogen) atoms. The lowest BCUT2D eigenvalue weighted by molar-refractivity contribution is 0.623. The van der Waals surface area contributed by atoms with Crippen molar-refractivity contribution in [2.24, 2.45) is 0 Å². The van der Waals surface area contributed by atoms with Gasteiger partial charge in [0, 0.05) is 28.5 Å². The zero-order valence-corrected chi connectivity index (χ0v) is 14.7. The van der Waals surface area contributed by atoms with Crippen molar-refractivity contribution in [2.75, 3.05) is 0 Å². The van der Waals surface area contributed by atoms with Crippen molar-refractivity contribution < 1.29 is 4.39 Å². The number of fused-ring (bicyclic) bond motifs is 1. The second-order valence-corrected chi connectivity index (χ2v) is 6.58. The van der Waals surface area contributed by atoms with E-state index >= 15 is 0 Å². The average molecular weight is 368 g/mol. The van der Waals surface area contributed by atoms with Gasteiger partial charge in [-0.25, -0.2) is 9.37 Å². The molecule has 0 saturated heterocycles. The molecule has 0 unspecified atom stereocenters. The molecule has 4 rings (SSSR count). The molecular formula is C20H15ClFN3O. The number of benzene rings is 2. The van der Waals surface area contributed by atoms with E-state index in [-0.39, 0.29) is 11.4 Å². The van der Waals surface area contributed by atoms with E-state index in [2.05, 4.69) is 4.98 Å². The number of aryl methyl sites for hydroxylation is 1. The Kier molecular flexibility index (Phi) is 4.09. The number of hydrogen-bond donors (Lipinski definition) is 0. The summed E-state index contributed by atoms with van der Waals surface area (Å²) in [5.41, 5.74) is 2.96. The summed E-state index contributed by atoms with van der Waals surface area (Å²) in [5, 5.41) is 0.638. The lowest BCUT2D eigenvalue weighted by atomic mass is 10.2. The van der Waals surface area contributed by atoms with Crippen LogP contribution in [-0.4, -0.2) is 14.0 Å². The van der Waals surface area contributed by atoms with Gasteiger partial charge in [-0.3, -0.25) is 9.20 Å². The van der Waals surface area contributed by atoms with Gasteiger partial charge < -0.3 is 4.57 Å². The van der Waals surface area contributed by atoms with Crippen LogP contribution in [0.4, 0.5) is 4.39 Å². The molecule has 0 saturated carbocycles. The molecule has 2 aromatic heterocycles. The topological polar surface area (TPSA) is 39.3 Å². The molecule has 0 aliphatic rings. The molecule has 0 atom stereocenters. The first-order chi connectivity index (χ1) is 12.5. The second kappa shape index (κ2) is 6.42. The fourth-order valence-electron chi connectivity index (χ4n) is 2.98. The maximum absolute atomic E-state index is 13.5. The normalized spacial score (nSPS) is 11.2. The van der Waals surface area contributed by atoms with Crippen molar-refractivity contribution >= 4 is 17.4 Å². The van der Waals surface area contributed by atoms with Crippen LogP contribution < -0.4 is 5.56 Å². The summed E-state index contributed by atoms with van der Waals surface area (Å²) < 4.78 is 16.9. The van der Waals surface area contributed by atoms with E-state index in [4.69, 9.17) is 11.6 Å². The molecule has 130 valence electrons. The number of imidazole rings is 1. The highest BCUT2D eigenvalue weighted by molar-refractivity contribution is 6.30. The van der Waals surface area contributed by atoms with E-state index in [1.54, 1.807) is 30.5 Å². The molecular weight excluding hydrogens is 353 g/mol. The highest BCUT2D eigenvalue weighted by Crippen LogP contribution is 2.21. The van der Waals surface area contributed by atoms with Crippen LogP contribution in [0.25, 0.3) is 17.0 Å². The van der Waals surface area contributed by atoms with Gasteiger partial charge in [-0.05, 0) is 36.8 Å². The van der Waals surface area contributed by atoms with Crippen LogP contribution in [-0.2, 0) is 6.54 Å².